The minimum Gasteiger partial charge on any atom is -0.341 e. The van der Waals surface area contributed by atoms with Crippen LogP contribution in [0.5, 0.6) is 0 Å². The molecule has 2 aromatic rings. The molecular formula is C15H19N3. The molecule has 0 radical (unpaired) electrons. The number of rotatable bonds is 5. The number of aryl methyl sites for hydroxylation is 1. The van der Waals surface area contributed by atoms with E-state index >= 15 is 0 Å². The van der Waals surface area contributed by atoms with Crippen molar-refractivity contribution in [1.29, 1.82) is 0 Å². The van der Waals surface area contributed by atoms with Crippen LogP contribution in [0.2, 0.25) is 0 Å². The molecular weight excluding hydrogens is 222 g/mol. The normalized spacial score (nSPS) is 10.3. The fourth-order valence-corrected chi connectivity index (χ4v) is 2.01. The maximum atomic E-state index is 5.63. The lowest BCUT2D eigenvalue weighted by atomic mass is 10.2. The number of nitrogens with two attached hydrogens (primary N) is 1. The van der Waals surface area contributed by atoms with E-state index in [9.17, 15) is 0 Å². The van der Waals surface area contributed by atoms with Gasteiger partial charge in [-0.3, -0.25) is 4.98 Å². The van der Waals surface area contributed by atoms with E-state index in [1.54, 1.807) is 0 Å². The standard InChI is InChI=1S/C15H19N3/c1-13-12-17-10-8-15(13)18(11-5-9-16)14-6-3-2-4-7-14/h2-4,6-8,10,12H,5,9,11,16H2,1H3. The number of anilines is 2. The lowest BCUT2D eigenvalue weighted by Gasteiger charge is -2.26. The number of hydrogen-bond donors (Lipinski definition) is 1. The molecule has 0 saturated heterocycles. The monoisotopic (exact) mass is 241 g/mol. The minimum atomic E-state index is 0.702. The first-order valence-corrected chi connectivity index (χ1v) is 6.26. The van der Waals surface area contributed by atoms with Crippen molar-refractivity contribution in [3.05, 3.63) is 54.4 Å². The van der Waals surface area contributed by atoms with Gasteiger partial charge in [-0.15, -0.1) is 0 Å². The molecule has 0 spiro atoms. The van der Waals surface area contributed by atoms with Crippen molar-refractivity contribution in [3.63, 3.8) is 0 Å². The van der Waals surface area contributed by atoms with E-state index in [2.05, 4.69) is 47.1 Å². The van der Waals surface area contributed by atoms with Gasteiger partial charge in [-0.2, -0.15) is 0 Å². The molecule has 0 fully saturated rings. The third-order valence-corrected chi connectivity index (χ3v) is 2.94. The summed E-state index contributed by atoms with van der Waals surface area (Å²) in [5, 5.41) is 0. The van der Waals surface area contributed by atoms with Gasteiger partial charge in [-0.05, 0) is 43.7 Å². The zero-order chi connectivity index (χ0) is 12.8. The van der Waals surface area contributed by atoms with Gasteiger partial charge in [0.1, 0.15) is 0 Å². The highest BCUT2D eigenvalue weighted by molar-refractivity contribution is 5.65. The summed E-state index contributed by atoms with van der Waals surface area (Å²) >= 11 is 0. The number of para-hydroxylation sites is 1. The lowest BCUT2D eigenvalue weighted by molar-refractivity contribution is 0.815. The van der Waals surface area contributed by atoms with E-state index in [4.69, 9.17) is 5.73 Å². The third-order valence-electron chi connectivity index (χ3n) is 2.94. The molecule has 1 heterocycles. The van der Waals surface area contributed by atoms with E-state index < -0.39 is 0 Å². The largest absolute Gasteiger partial charge is 0.341 e. The van der Waals surface area contributed by atoms with Crippen molar-refractivity contribution in [2.75, 3.05) is 18.0 Å². The molecule has 2 N–H and O–H groups in total. The molecule has 2 rings (SSSR count). The van der Waals surface area contributed by atoms with Crippen LogP contribution < -0.4 is 10.6 Å². The van der Waals surface area contributed by atoms with Crippen LogP contribution in [0.1, 0.15) is 12.0 Å². The van der Waals surface area contributed by atoms with Crippen molar-refractivity contribution in [3.8, 4) is 0 Å². The van der Waals surface area contributed by atoms with E-state index in [1.807, 2.05) is 18.5 Å². The summed E-state index contributed by atoms with van der Waals surface area (Å²) < 4.78 is 0. The van der Waals surface area contributed by atoms with Crippen LogP contribution in [-0.4, -0.2) is 18.1 Å². The van der Waals surface area contributed by atoms with Gasteiger partial charge in [0, 0.05) is 30.3 Å². The first-order valence-electron chi connectivity index (χ1n) is 6.26. The summed E-state index contributed by atoms with van der Waals surface area (Å²) in [5.74, 6) is 0. The SMILES string of the molecule is Cc1cnccc1N(CCCN)c1ccccc1. The molecule has 94 valence electrons. The minimum absolute atomic E-state index is 0.702. The second-order valence-corrected chi connectivity index (χ2v) is 4.29. The van der Waals surface area contributed by atoms with E-state index in [0.717, 1.165) is 13.0 Å². The highest BCUT2D eigenvalue weighted by Gasteiger charge is 2.10. The first-order chi connectivity index (χ1) is 8.83. The van der Waals surface area contributed by atoms with E-state index in [0.29, 0.717) is 6.54 Å². The van der Waals surface area contributed by atoms with Crippen molar-refractivity contribution in [1.82, 2.24) is 4.98 Å². The van der Waals surface area contributed by atoms with Crippen LogP contribution in [-0.2, 0) is 0 Å². The Balaban J connectivity index is 2.34. The zero-order valence-electron chi connectivity index (χ0n) is 10.7. The first kappa shape index (κ1) is 12.6. The smallest absolute Gasteiger partial charge is 0.0471 e. The molecule has 3 heteroatoms. The molecule has 1 aromatic carbocycles. The van der Waals surface area contributed by atoms with E-state index in [-0.39, 0.29) is 0 Å². The Morgan fingerprint density at radius 2 is 1.94 bits per heavy atom. The second kappa shape index (κ2) is 6.17. The molecule has 0 amide bonds. The topological polar surface area (TPSA) is 42.2 Å². The Kier molecular flexibility index (Phi) is 4.31. The van der Waals surface area contributed by atoms with Crippen LogP contribution >= 0.6 is 0 Å². The molecule has 0 aliphatic heterocycles. The summed E-state index contributed by atoms with van der Waals surface area (Å²) in [6, 6.07) is 12.4. The van der Waals surface area contributed by atoms with Crippen LogP contribution in [0, 0.1) is 6.92 Å². The van der Waals surface area contributed by atoms with Gasteiger partial charge in [0.05, 0.1) is 0 Å². The number of benzene rings is 1. The van der Waals surface area contributed by atoms with Crippen LogP contribution in [0.4, 0.5) is 11.4 Å². The molecule has 0 saturated carbocycles. The Hall–Kier alpha value is -1.87. The second-order valence-electron chi connectivity index (χ2n) is 4.29. The van der Waals surface area contributed by atoms with Crippen molar-refractivity contribution in [2.24, 2.45) is 5.73 Å². The number of aromatic nitrogens is 1. The Morgan fingerprint density at radius 3 is 2.61 bits per heavy atom. The van der Waals surface area contributed by atoms with Gasteiger partial charge in [0.25, 0.3) is 0 Å². The maximum Gasteiger partial charge on any atom is 0.0471 e. The summed E-state index contributed by atoms with van der Waals surface area (Å²) in [6.45, 7) is 3.71. The fraction of sp³-hybridized carbons (Fsp3) is 0.267. The van der Waals surface area contributed by atoms with Crippen molar-refractivity contribution < 1.29 is 0 Å². The van der Waals surface area contributed by atoms with Crippen molar-refractivity contribution >= 4 is 11.4 Å². The van der Waals surface area contributed by atoms with Crippen LogP contribution in [0.3, 0.4) is 0 Å². The molecule has 0 atom stereocenters. The Labute approximate surface area is 108 Å². The van der Waals surface area contributed by atoms with Gasteiger partial charge in [-0.25, -0.2) is 0 Å². The van der Waals surface area contributed by atoms with Gasteiger partial charge >= 0.3 is 0 Å². The Morgan fingerprint density at radius 1 is 1.17 bits per heavy atom. The van der Waals surface area contributed by atoms with Gasteiger partial charge in [-0.1, -0.05) is 18.2 Å². The summed E-state index contributed by atoms with van der Waals surface area (Å²) in [7, 11) is 0. The van der Waals surface area contributed by atoms with Crippen LogP contribution in [0.15, 0.2) is 48.8 Å². The number of nitrogens with zero attached hydrogens (tertiary/aromatic N) is 2. The molecule has 0 unspecified atom stereocenters. The highest BCUT2D eigenvalue weighted by Crippen LogP contribution is 2.27. The Bertz CT molecular complexity index is 482. The summed E-state index contributed by atoms with van der Waals surface area (Å²) in [5.41, 5.74) is 9.20. The van der Waals surface area contributed by atoms with Crippen molar-refractivity contribution in [2.45, 2.75) is 13.3 Å². The molecule has 0 bridgehead atoms. The van der Waals surface area contributed by atoms with Crippen LogP contribution in [0.25, 0.3) is 0 Å². The predicted octanol–water partition coefficient (Wildman–Crippen LogP) is 2.88. The lowest BCUT2D eigenvalue weighted by Crippen LogP contribution is -2.21. The molecule has 0 aliphatic carbocycles. The maximum absolute atomic E-state index is 5.63. The van der Waals surface area contributed by atoms with Gasteiger partial charge < -0.3 is 10.6 Å². The molecule has 18 heavy (non-hydrogen) atoms. The summed E-state index contributed by atoms with van der Waals surface area (Å²) in [4.78, 5) is 6.45. The highest BCUT2D eigenvalue weighted by atomic mass is 15.1. The fourth-order valence-electron chi connectivity index (χ4n) is 2.01. The third kappa shape index (κ3) is 2.87. The molecule has 1 aromatic heterocycles. The van der Waals surface area contributed by atoms with Gasteiger partial charge in [0.2, 0.25) is 0 Å². The van der Waals surface area contributed by atoms with Gasteiger partial charge in [0.15, 0.2) is 0 Å². The quantitative estimate of drug-likeness (QED) is 0.875. The number of hydrogen-bond acceptors (Lipinski definition) is 3. The number of pyridine rings is 1. The average Bonchev–Trinajstić information content (AvgIpc) is 2.42. The van der Waals surface area contributed by atoms with E-state index in [1.165, 1.54) is 16.9 Å². The molecule has 0 aliphatic rings. The molecule has 3 nitrogen and oxygen atoms in total. The predicted molar refractivity (Wildman–Crippen MR) is 76.1 cm³/mol. The summed E-state index contributed by atoms with van der Waals surface area (Å²) in [6.07, 6.45) is 4.70. The average molecular weight is 241 g/mol. The zero-order valence-corrected chi connectivity index (χ0v) is 10.7.